The molecule has 2 rings (SSSR count). The second kappa shape index (κ2) is 4.44. The summed E-state index contributed by atoms with van der Waals surface area (Å²) >= 11 is 11.2. The number of carbonyl (C=O) groups is 1. The van der Waals surface area contributed by atoms with Crippen molar-refractivity contribution >= 4 is 39.8 Å². The fourth-order valence-corrected chi connectivity index (χ4v) is 2.02. The van der Waals surface area contributed by atoms with Gasteiger partial charge in [0, 0.05) is 5.56 Å². The molecule has 0 aromatic heterocycles. The number of Topliss-reactive ketones (excluding diaryl/α,β-unsaturated/α-hetero) is 1. The van der Waals surface area contributed by atoms with Crippen LogP contribution in [-0.2, 0) is 0 Å². The second-order valence-electron chi connectivity index (χ2n) is 3.64. The number of benzene rings is 2. The Morgan fingerprint density at radius 1 is 1.06 bits per heavy atom. The Morgan fingerprint density at radius 2 is 1.69 bits per heavy atom. The van der Waals surface area contributed by atoms with Crippen LogP contribution in [-0.4, -0.2) is 10.6 Å². The van der Waals surface area contributed by atoms with E-state index < -0.39 is 4.84 Å². The summed E-state index contributed by atoms with van der Waals surface area (Å²) in [5, 5.41) is 1.96. The minimum absolute atomic E-state index is 0.250. The van der Waals surface area contributed by atoms with Gasteiger partial charge < -0.3 is 0 Å². The highest BCUT2D eigenvalue weighted by atomic mass is 35.5. The predicted molar refractivity (Wildman–Crippen MR) is 68.5 cm³/mol. The maximum atomic E-state index is 11.8. The monoisotopic (exact) mass is 252 g/mol. The van der Waals surface area contributed by atoms with Crippen molar-refractivity contribution in [1.82, 2.24) is 0 Å². The Hall–Kier alpha value is -1.05. The van der Waals surface area contributed by atoms with E-state index in [0.29, 0.717) is 5.56 Å². The van der Waals surface area contributed by atoms with Crippen molar-refractivity contribution in [2.45, 2.75) is 11.8 Å². The van der Waals surface area contributed by atoms with Crippen LogP contribution in [0.15, 0.2) is 36.4 Å². The van der Waals surface area contributed by atoms with Crippen LogP contribution >= 0.6 is 23.2 Å². The number of rotatable bonds is 2. The van der Waals surface area contributed by atoms with Crippen molar-refractivity contribution in [1.29, 1.82) is 0 Å². The van der Waals surface area contributed by atoms with E-state index in [2.05, 4.69) is 0 Å². The second-order valence-corrected chi connectivity index (χ2v) is 4.74. The van der Waals surface area contributed by atoms with Crippen LogP contribution in [0.4, 0.5) is 0 Å². The molecule has 0 amide bonds. The molecule has 0 atom stereocenters. The summed E-state index contributed by atoms with van der Waals surface area (Å²) in [6.45, 7) is 2.01. The average Bonchev–Trinajstić information content (AvgIpc) is 2.29. The summed E-state index contributed by atoms with van der Waals surface area (Å²) in [6.07, 6.45) is 0. The van der Waals surface area contributed by atoms with Gasteiger partial charge in [0.15, 0.2) is 10.6 Å². The maximum Gasteiger partial charge on any atom is 0.196 e. The summed E-state index contributed by atoms with van der Waals surface area (Å²) in [7, 11) is 0. The molecule has 0 saturated carbocycles. The van der Waals surface area contributed by atoms with Crippen molar-refractivity contribution in [3.05, 3.63) is 47.5 Å². The Labute approximate surface area is 104 Å². The van der Waals surface area contributed by atoms with E-state index in [9.17, 15) is 4.79 Å². The normalized spacial score (nSPS) is 11.0. The molecule has 82 valence electrons. The third-order valence-corrected chi connectivity index (χ3v) is 3.00. The van der Waals surface area contributed by atoms with E-state index in [4.69, 9.17) is 23.2 Å². The van der Waals surface area contributed by atoms with E-state index in [1.807, 2.05) is 37.3 Å². The largest absolute Gasteiger partial charge is 0.291 e. The van der Waals surface area contributed by atoms with Gasteiger partial charge in [0.25, 0.3) is 0 Å². The van der Waals surface area contributed by atoms with E-state index in [1.165, 1.54) is 0 Å². The highest BCUT2D eigenvalue weighted by molar-refractivity contribution is 6.55. The van der Waals surface area contributed by atoms with Crippen LogP contribution in [0.25, 0.3) is 10.8 Å². The molecule has 0 radical (unpaired) electrons. The molecule has 3 heteroatoms. The van der Waals surface area contributed by atoms with Crippen molar-refractivity contribution < 1.29 is 4.79 Å². The molecule has 1 nitrogen and oxygen atoms in total. The quantitative estimate of drug-likeness (QED) is 0.580. The summed E-state index contributed by atoms with van der Waals surface area (Å²) in [6, 6.07) is 11.4. The van der Waals surface area contributed by atoms with Crippen LogP contribution < -0.4 is 0 Å². The summed E-state index contributed by atoms with van der Waals surface area (Å²) in [5.74, 6) is -0.250. The number of halogens is 2. The fraction of sp³-hybridized carbons (Fsp3) is 0.154. The third kappa shape index (κ3) is 1.93. The van der Waals surface area contributed by atoms with Gasteiger partial charge in [-0.15, -0.1) is 0 Å². The Morgan fingerprint density at radius 3 is 2.31 bits per heavy atom. The first-order valence-electron chi connectivity index (χ1n) is 4.92. The first kappa shape index (κ1) is 11.4. The van der Waals surface area contributed by atoms with Gasteiger partial charge in [-0.1, -0.05) is 59.6 Å². The molecule has 0 spiro atoms. The smallest absolute Gasteiger partial charge is 0.196 e. The lowest BCUT2D eigenvalue weighted by Crippen LogP contribution is -2.08. The molecule has 0 bridgehead atoms. The topological polar surface area (TPSA) is 17.1 Å². The standard InChI is InChI=1S/C13H10Cl2O/c1-8-6-7-11(12(16)13(14)15)10-5-3-2-4-9(8)10/h2-7,13H,1H3. The lowest BCUT2D eigenvalue weighted by Gasteiger charge is -2.08. The summed E-state index contributed by atoms with van der Waals surface area (Å²) in [4.78, 5) is 10.8. The number of alkyl halides is 2. The molecule has 0 heterocycles. The molecule has 16 heavy (non-hydrogen) atoms. The van der Waals surface area contributed by atoms with Crippen LogP contribution in [0, 0.1) is 6.92 Å². The highest BCUT2D eigenvalue weighted by Crippen LogP contribution is 2.24. The molecule has 0 unspecified atom stereocenters. The molecule has 0 aliphatic heterocycles. The fourth-order valence-electron chi connectivity index (χ4n) is 1.78. The molecular formula is C13H10Cl2O. The van der Waals surface area contributed by atoms with Crippen molar-refractivity contribution in [3.63, 3.8) is 0 Å². The number of fused-ring (bicyclic) bond motifs is 1. The first-order valence-corrected chi connectivity index (χ1v) is 5.79. The third-order valence-electron chi connectivity index (χ3n) is 2.61. The molecule has 0 aliphatic carbocycles. The summed E-state index contributed by atoms with van der Waals surface area (Å²) < 4.78 is 0. The predicted octanol–water partition coefficient (Wildman–Crippen LogP) is 4.13. The van der Waals surface area contributed by atoms with Crippen LogP contribution in [0.1, 0.15) is 15.9 Å². The van der Waals surface area contributed by atoms with Crippen LogP contribution in [0.5, 0.6) is 0 Å². The lowest BCUT2D eigenvalue weighted by molar-refractivity contribution is 0.101. The molecule has 0 N–H and O–H groups in total. The number of hydrogen-bond acceptors (Lipinski definition) is 1. The van der Waals surface area contributed by atoms with E-state index in [0.717, 1.165) is 16.3 Å². The van der Waals surface area contributed by atoms with Gasteiger partial charge in [-0.25, -0.2) is 0 Å². The van der Waals surface area contributed by atoms with Crippen LogP contribution in [0.3, 0.4) is 0 Å². The number of carbonyl (C=O) groups excluding carboxylic acids is 1. The number of hydrogen-bond donors (Lipinski definition) is 0. The van der Waals surface area contributed by atoms with Crippen LogP contribution in [0.2, 0.25) is 0 Å². The van der Waals surface area contributed by atoms with Gasteiger partial charge in [0.1, 0.15) is 0 Å². The highest BCUT2D eigenvalue weighted by Gasteiger charge is 2.17. The zero-order valence-corrected chi connectivity index (χ0v) is 10.2. The summed E-state index contributed by atoms with van der Waals surface area (Å²) in [5.41, 5.74) is 1.71. The lowest BCUT2D eigenvalue weighted by atomic mass is 9.98. The van der Waals surface area contributed by atoms with Crippen molar-refractivity contribution in [2.24, 2.45) is 0 Å². The molecule has 0 saturated heterocycles. The van der Waals surface area contributed by atoms with E-state index in [1.54, 1.807) is 6.07 Å². The van der Waals surface area contributed by atoms with Gasteiger partial charge >= 0.3 is 0 Å². The maximum absolute atomic E-state index is 11.8. The number of aryl methyl sites for hydroxylation is 1. The molecule has 2 aromatic rings. The molecule has 0 fully saturated rings. The van der Waals surface area contributed by atoms with Gasteiger partial charge in [-0.2, -0.15) is 0 Å². The average molecular weight is 253 g/mol. The van der Waals surface area contributed by atoms with Crippen molar-refractivity contribution in [3.8, 4) is 0 Å². The Balaban J connectivity index is 2.72. The van der Waals surface area contributed by atoms with Gasteiger partial charge in [-0.3, -0.25) is 4.79 Å². The van der Waals surface area contributed by atoms with E-state index in [-0.39, 0.29) is 5.78 Å². The van der Waals surface area contributed by atoms with Gasteiger partial charge in [-0.05, 0) is 23.3 Å². The van der Waals surface area contributed by atoms with Gasteiger partial charge in [0.05, 0.1) is 0 Å². The minimum Gasteiger partial charge on any atom is -0.291 e. The Bertz CT molecular complexity index is 547. The van der Waals surface area contributed by atoms with Gasteiger partial charge in [0.2, 0.25) is 0 Å². The molecule has 0 aliphatic rings. The van der Waals surface area contributed by atoms with Crippen molar-refractivity contribution in [2.75, 3.05) is 0 Å². The minimum atomic E-state index is -1.01. The molecular weight excluding hydrogens is 243 g/mol. The first-order chi connectivity index (χ1) is 7.61. The number of ketones is 1. The Kier molecular flexibility index (Phi) is 3.17. The zero-order chi connectivity index (χ0) is 11.7. The molecule has 2 aromatic carbocycles. The van der Waals surface area contributed by atoms with E-state index >= 15 is 0 Å². The SMILES string of the molecule is Cc1ccc(C(=O)C(Cl)Cl)c2ccccc12. The zero-order valence-electron chi connectivity index (χ0n) is 8.71.